The van der Waals surface area contributed by atoms with E-state index < -0.39 is 0 Å². The Morgan fingerprint density at radius 2 is 2.09 bits per heavy atom. The van der Waals surface area contributed by atoms with Crippen molar-refractivity contribution >= 4 is 15.8 Å². The number of benzene rings is 1. The molecule has 1 saturated heterocycles. The number of fused-ring (bicyclic) bond motifs is 1. The zero-order valence-electron chi connectivity index (χ0n) is 13.9. The lowest BCUT2D eigenvalue weighted by Crippen LogP contribution is -2.23. The molecule has 0 aromatic heterocycles. The Hall–Kier alpha value is -0.730. The molecule has 0 bridgehead atoms. The number of nitrogens with zero attached hydrogens (tertiary/aromatic N) is 1. The van der Waals surface area contributed by atoms with Crippen molar-refractivity contribution in [1.82, 2.24) is 4.81 Å². The third kappa shape index (κ3) is 3.25. The minimum atomic E-state index is -0.134. The number of hydrogen-bond acceptors (Lipinski definition) is 2. The highest BCUT2D eigenvalue weighted by molar-refractivity contribution is 6.17. The maximum atomic E-state index is 6.52. The summed E-state index contributed by atoms with van der Waals surface area (Å²) in [6, 6.07) is 9.01. The predicted octanol–water partition coefficient (Wildman–Crippen LogP) is 3.37. The maximum Gasteiger partial charge on any atom is 0.182 e. The molecule has 3 aliphatic rings. The van der Waals surface area contributed by atoms with E-state index in [0.717, 1.165) is 31.8 Å². The number of rotatable bonds is 4. The Balaban J connectivity index is 1.34. The van der Waals surface area contributed by atoms with Crippen molar-refractivity contribution in [1.29, 1.82) is 0 Å². The molecule has 1 aromatic rings. The highest BCUT2D eigenvalue weighted by Gasteiger charge is 2.48. The van der Waals surface area contributed by atoms with Gasteiger partial charge in [0.25, 0.3) is 0 Å². The molecule has 0 N–H and O–H groups in total. The molecule has 1 heterocycles. The first-order valence-corrected chi connectivity index (χ1v) is 9.11. The normalized spacial score (nSPS) is 35.0. The molecule has 0 amide bonds. The molecule has 118 valence electrons. The fourth-order valence-corrected chi connectivity index (χ4v) is 4.94. The minimum Gasteiger partial charge on any atom is -0.374 e. The monoisotopic (exact) mass is 305 g/mol. The van der Waals surface area contributed by atoms with Gasteiger partial charge in [0.1, 0.15) is 0 Å². The molecule has 0 spiro atoms. The summed E-state index contributed by atoms with van der Waals surface area (Å²) in [5.74, 6) is 1.26. The first-order chi connectivity index (χ1) is 11.1. The second-order valence-electron chi connectivity index (χ2n) is 7.96. The van der Waals surface area contributed by atoms with Crippen molar-refractivity contribution in [3.05, 3.63) is 35.4 Å². The number of ether oxygens (including phenoxy) is 1. The van der Waals surface area contributed by atoms with Gasteiger partial charge in [-0.2, -0.15) is 0 Å². The fourth-order valence-electron chi connectivity index (χ4n) is 4.94. The van der Waals surface area contributed by atoms with E-state index in [1.54, 1.807) is 0 Å². The smallest absolute Gasteiger partial charge is 0.182 e. The first kappa shape index (κ1) is 15.8. The van der Waals surface area contributed by atoms with Gasteiger partial charge in [-0.25, -0.2) is 0 Å². The SMILES string of the molecule is [B]N1CC2CC(OCc3cccc(C4CCCC4)c3)CC2([B])C1. The summed E-state index contributed by atoms with van der Waals surface area (Å²) >= 11 is 0. The summed E-state index contributed by atoms with van der Waals surface area (Å²) in [6.45, 7) is 2.42. The average Bonchev–Trinajstić information content (AvgIpc) is 3.19. The molecule has 2 aliphatic carbocycles. The zero-order chi connectivity index (χ0) is 15.9. The second kappa shape index (κ2) is 6.29. The van der Waals surface area contributed by atoms with E-state index in [9.17, 15) is 0 Å². The lowest BCUT2D eigenvalue weighted by molar-refractivity contribution is 0.0396. The third-order valence-corrected chi connectivity index (χ3v) is 6.18. The Morgan fingerprint density at radius 3 is 2.87 bits per heavy atom. The van der Waals surface area contributed by atoms with Crippen LogP contribution in [0.15, 0.2) is 24.3 Å². The van der Waals surface area contributed by atoms with Gasteiger partial charge in [-0.1, -0.05) is 37.1 Å². The standard InChI is InChI=1S/C19H25B2NO/c20-19-10-18(9-17(19)11-22(21)13-19)23-12-14-4-3-7-16(8-14)15-5-1-2-6-15/h3-4,7-8,15,17-18H,1-2,5-6,9-13H2. The van der Waals surface area contributed by atoms with Crippen molar-refractivity contribution in [3.8, 4) is 0 Å². The van der Waals surface area contributed by atoms with E-state index in [-0.39, 0.29) is 11.4 Å². The van der Waals surface area contributed by atoms with Crippen LogP contribution in [0.2, 0.25) is 5.31 Å². The fraction of sp³-hybridized carbons (Fsp3) is 0.684. The summed E-state index contributed by atoms with van der Waals surface area (Å²) in [7, 11) is 12.4. The lowest BCUT2D eigenvalue weighted by Gasteiger charge is -2.23. The van der Waals surface area contributed by atoms with Crippen LogP contribution in [0.1, 0.15) is 55.6 Å². The highest BCUT2D eigenvalue weighted by atomic mass is 16.5. The lowest BCUT2D eigenvalue weighted by atomic mass is 9.64. The van der Waals surface area contributed by atoms with Gasteiger partial charge in [-0.05, 0) is 67.0 Å². The van der Waals surface area contributed by atoms with Crippen molar-refractivity contribution < 1.29 is 4.74 Å². The van der Waals surface area contributed by atoms with Gasteiger partial charge in [-0.15, -0.1) is 0 Å². The van der Waals surface area contributed by atoms with Crippen LogP contribution in [0.5, 0.6) is 0 Å². The average molecular weight is 305 g/mol. The van der Waals surface area contributed by atoms with Crippen LogP contribution in [0.25, 0.3) is 0 Å². The Bertz CT molecular complexity index is 560. The van der Waals surface area contributed by atoms with E-state index >= 15 is 0 Å². The number of hydrogen-bond donors (Lipinski definition) is 0. The van der Waals surface area contributed by atoms with Gasteiger partial charge in [0.15, 0.2) is 7.98 Å². The molecule has 4 radical (unpaired) electrons. The Labute approximate surface area is 142 Å². The van der Waals surface area contributed by atoms with Gasteiger partial charge in [0.05, 0.1) is 20.6 Å². The summed E-state index contributed by atoms with van der Waals surface area (Å²) in [5.41, 5.74) is 2.80. The Kier molecular flexibility index (Phi) is 4.32. The molecule has 2 nitrogen and oxygen atoms in total. The van der Waals surface area contributed by atoms with Crippen LogP contribution >= 0.6 is 0 Å². The van der Waals surface area contributed by atoms with E-state index in [1.807, 2.05) is 4.81 Å². The van der Waals surface area contributed by atoms with E-state index in [2.05, 4.69) is 24.3 Å². The molecule has 2 saturated carbocycles. The molecule has 3 atom stereocenters. The zero-order valence-corrected chi connectivity index (χ0v) is 13.9. The van der Waals surface area contributed by atoms with Crippen LogP contribution < -0.4 is 0 Å². The van der Waals surface area contributed by atoms with Gasteiger partial charge in [-0.3, -0.25) is 0 Å². The quantitative estimate of drug-likeness (QED) is 0.791. The van der Waals surface area contributed by atoms with E-state index in [0.29, 0.717) is 12.5 Å². The maximum absolute atomic E-state index is 6.52. The molecule has 23 heavy (non-hydrogen) atoms. The summed E-state index contributed by atoms with van der Waals surface area (Å²) in [4.78, 5) is 1.87. The van der Waals surface area contributed by atoms with Crippen LogP contribution in [-0.2, 0) is 11.3 Å². The summed E-state index contributed by atoms with van der Waals surface area (Å²) < 4.78 is 6.20. The van der Waals surface area contributed by atoms with Crippen LogP contribution in [-0.4, -0.2) is 39.8 Å². The van der Waals surface area contributed by atoms with E-state index in [1.165, 1.54) is 36.8 Å². The highest BCUT2D eigenvalue weighted by Crippen LogP contribution is 2.52. The largest absolute Gasteiger partial charge is 0.374 e. The van der Waals surface area contributed by atoms with Crippen LogP contribution in [0.3, 0.4) is 0 Å². The molecule has 1 aliphatic heterocycles. The summed E-state index contributed by atoms with van der Waals surface area (Å²) in [5, 5.41) is -0.134. The molecule has 1 aromatic carbocycles. The van der Waals surface area contributed by atoms with Gasteiger partial charge >= 0.3 is 0 Å². The minimum absolute atomic E-state index is 0.134. The van der Waals surface area contributed by atoms with Crippen molar-refractivity contribution in [3.63, 3.8) is 0 Å². The summed E-state index contributed by atoms with van der Waals surface area (Å²) in [6.07, 6.45) is 7.73. The van der Waals surface area contributed by atoms with Gasteiger partial charge in [0.2, 0.25) is 0 Å². The molecule has 3 unspecified atom stereocenters. The van der Waals surface area contributed by atoms with E-state index in [4.69, 9.17) is 20.6 Å². The van der Waals surface area contributed by atoms with Crippen LogP contribution in [0.4, 0.5) is 0 Å². The van der Waals surface area contributed by atoms with Gasteiger partial charge in [0, 0.05) is 0 Å². The second-order valence-corrected chi connectivity index (χ2v) is 7.96. The van der Waals surface area contributed by atoms with Gasteiger partial charge < -0.3 is 9.55 Å². The molecule has 4 heteroatoms. The first-order valence-electron chi connectivity index (χ1n) is 9.11. The third-order valence-electron chi connectivity index (χ3n) is 6.18. The topological polar surface area (TPSA) is 12.5 Å². The van der Waals surface area contributed by atoms with Crippen molar-refractivity contribution in [2.45, 2.75) is 62.5 Å². The molecule has 4 rings (SSSR count). The van der Waals surface area contributed by atoms with Crippen molar-refractivity contribution in [2.24, 2.45) is 5.92 Å². The Morgan fingerprint density at radius 1 is 1.26 bits per heavy atom. The molecular formula is C19H25B2NO. The predicted molar refractivity (Wildman–Crippen MR) is 94.7 cm³/mol. The van der Waals surface area contributed by atoms with Crippen LogP contribution in [0, 0.1) is 5.92 Å². The molecular weight excluding hydrogens is 280 g/mol. The van der Waals surface area contributed by atoms with Crippen molar-refractivity contribution in [2.75, 3.05) is 13.1 Å². The molecule has 3 fully saturated rings.